The molecule has 1 fully saturated rings. The van der Waals surface area contributed by atoms with Crippen molar-refractivity contribution in [3.05, 3.63) is 35.9 Å². The molecular weight excluding hydrogens is 302 g/mol. The molecule has 1 heterocycles. The van der Waals surface area contributed by atoms with Gasteiger partial charge in [0.25, 0.3) is 0 Å². The second kappa shape index (κ2) is 9.42. The summed E-state index contributed by atoms with van der Waals surface area (Å²) in [5.41, 5.74) is 1.29. The van der Waals surface area contributed by atoms with E-state index in [0.717, 1.165) is 39.0 Å². The zero-order valence-electron chi connectivity index (χ0n) is 14.9. The number of carbonyl (C=O) groups excluding carboxylic acids is 2. The fourth-order valence-electron chi connectivity index (χ4n) is 2.99. The van der Waals surface area contributed by atoms with Crippen LogP contribution in [0.25, 0.3) is 0 Å². The van der Waals surface area contributed by atoms with Gasteiger partial charge in [-0.1, -0.05) is 30.3 Å². The number of nitrogens with zero attached hydrogens (tertiary/aromatic N) is 3. The van der Waals surface area contributed by atoms with Gasteiger partial charge in [-0.15, -0.1) is 0 Å². The Hall–Kier alpha value is -1.88. The molecule has 0 N–H and O–H groups in total. The van der Waals surface area contributed by atoms with Gasteiger partial charge in [0.2, 0.25) is 11.8 Å². The van der Waals surface area contributed by atoms with Crippen molar-refractivity contribution in [2.45, 2.75) is 26.2 Å². The van der Waals surface area contributed by atoms with Gasteiger partial charge in [0.05, 0.1) is 0 Å². The topological polar surface area (TPSA) is 43.9 Å². The molecule has 2 rings (SSSR count). The zero-order chi connectivity index (χ0) is 17.4. The smallest absolute Gasteiger partial charge is 0.224 e. The second-order valence-electron chi connectivity index (χ2n) is 6.53. The Bertz CT molecular complexity index is 525. The minimum atomic E-state index is 0.0502. The van der Waals surface area contributed by atoms with E-state index in [1.54, 1.807) is 11.8 Å². The third-order valence-corrected chi connectivity index (χ3v) is 4.63. The standard InChI is InChI=1S/C19H29N3O2/c1-17(23)21(11-6-9-18-7-4-3-5-8-18)12-10-19(24)22-15-13-20(2)14-16-22/h3-5,7-8H,6,9-16H2,1-2H3. The lowest BCUT2D eigenvalue weighted by atomic mass is 10.1. The first-order chi connectivity index (χ1) is 11.6. The third kappa shape index (κ3) is 5.96. The average molecular weight is 331 g/mol. The van der Waals surface area contributed by atoms with Crippen LogP contribution < -0.4 is 0 Å². The molecule has 0 radical (unpaired) electrons. The summed E-state index contributed by atoms with van der Waals surface area (Å²) in [7, 11) is 2.08. The van der Waals surface area contributed by atoms with E-state index in [0.29, 0.717) is 19.5 Å². The molecule has 1 aromatic rings. The van der Waals surface area contributed by atoms with E-state index in [9.17, 15) is 9.59 Å². The highest BCUT2D eigenvalue weighted by molar-refractivity contribution is 5.78. The fraction of sp³-hybridized carbons (Fsp3) is 0.579. The molecule has 5 nitrogen and oxygen atoms in total. The molecule has 0 atom stereocenters. The molecule has 132 valence electrons. The van der Waals surface area contributed by atoms with Gasteiger partial charge in [0.15, 0.2) is 0 Å². The van der Waals surface area contributed by atoms with Crippen LogP contribution in [-0.2, 0) is 16.0 Å². The van der Waals surface area contributed by atoms with Gasteiger partial charge in [0, 0.05) is 52.6 Å². The largest absolute Gasteiger partial charge is 0.342 e. The van der Waals surface area contributed by atoms with Gasteiger partial charge < -0.3 is 14.7 Å². The molecule has 0 saturated carbocycles. The van der Waals surface area contributed by atoms with Crippen molar-refractivity contribution in [3.63, 3.8) is 0 Å². The molecule has 1 aliphatic heterocycles. The summed E-state index contributed by atoms with van der Waals surface area (Å²) in [6.07, 6.45) is 2.30. The van der Waals surface area contributed by atoms with Crippen LogP contribution in [0.1, 0.15) is 25.3 Å². The number of benzene rings is 1. The first-order valence-corrected chi connectivity index (χ1v) is 8.82. The van der Waals surface area contributed by atoms with Gasteiger partial charge in [-0.2, -0.15) is 0 Å². The summed E-state index contributed by atoms with van der Waals surface area (Å²) in [6.45, 7) is 6.27. The van der Waals surface area contributed by atoms with Crippen molar-refractivity contribution in [2.75, 3.05) is 46.3 Å². The molecule has 1 aliphatic rings. The number of amides is 2. The first kappa shape index (κ1) is 18.5. The van der Waals surface area contributed by atoms with E-state index >= 15 is 0 Å². The predicted octanol–water partition coefficient (Wildman–Crippen LogP) is 1.63. The molecule has 0 aliphatic carbocycles. The van der Waals surface area contributed by atoms with Crippen molar-refractivity contribution in [1.82, 2.24) is 14.7 Å². The van der Waals surface area contributed by atoms with Crippen LogP contribution in [-0.4, -0.2) is 72.8 Å². The summed E-state index contributed by atoms with van der Waals surface area (Å²) >= 11 is 0. The molecule has 1 aromatic carbocycles. The van der Waals surface area contributed by atoms with E-state index in [1.807, 2.05) is 23.1 Å². The molecule has 0 spiro atoms. The van der Waals surface area contributed by atoms with Crippen LogP contribution >= 0.6 is 0 Å². The molecule has 0 bridgehead atoms. The van der Waals surface area contributed by atoms with Crippen LogP contribution in [0.2, 0.25) is 0 Å². The summed E-state index contributed by atoms with van der Waals surface area (Å²) in [5, 5.41) is 0. The lowest BCUT2D eigenvalue weighted by molar-refractivity contribution is -0.134. The highest BCUT2D eigenvalue weighted by atomic mass is 16.2. The second-order valence-corrected chi connectivity index (χ2v) is 6.53. The van der Waals surface area contributed by atoms with Crippen molar-refractivity contribution < 1.29 is 9.59 Å². The van der Waals surface area contributed by atoms with Crippen LogP contribution in [0, 0.1) is 0 Å². The van der Waals surface area contributed by atoms with E-state index in [-0.39, 0.29) is 11.8 Å². The SMILES string of the molecule is CC(=O)N(CCCc1ccccc1)CCC(=O)N1CCN(C)CC1. The van der Waals surface area contributed by atoms with E-state index in [2.05, 4.69) is 24.1 Å². The summed E-state index contributed by atoms with van der Waals surface area (Å²) in [6, 6.07) is 10.3. The van der Waals surface area contributed by atoms with Crippen molar-refractivity contribution in [2.24, 2.45) is 0 Å². The fourth-order valence-corrected chi connectivity index (χ4v) is 2.99. The summed E-state index contributed by atoms with van der Waals surface area (Å²) < 4.78 is 0. The molecule has 0 aromatic heterocycles. The quantitative estimate of drug-likeness (QED) is 0.763. The van der Waals surface area contributed by atoms with Crippen LogP contribution in [0.5, 0.6) is 0 Å². The van der Waals surface area contributed by atoms with Crippen molar-refractivity contribution in [3.8, 4) is 0 Å². The van der Waals surface area contributed by atoms with Gasteiger partial charge in [-0.3, -0.25) is 9.59 Å². The van der Waals surface area contributed by atoms with Crippen LogP contribution in [0.15, 0.2) is 30.3 Å². The number of hydrogen-bond donors (Lipinski definition) is 0. The molecule has 2 amide bonds. The lowest BCUT2D eigenvalue weighted by Crippen LogP contribution is -2.47. The van der Waals surface area contributed by atoms with Gasteiger partial charge in [0.1, 0.15) is 0 Å². The monoisotopic (exact) mass is 331 g/mol. The maximum Gasteiger partial charge on any atom is 0.224 e. The minimum absolute atomic E-state index is 0.0502. The predicted molar refractivity (Wildman–Crippen MR) is 95.7 cm³/mol. The van der Waals surface area contributed by atoms with Gasteiger partial charge in [-0.25, -0.2) is 0 Å². The van der Waals surface area contributed by atoms with Crippen LogP contribution in [0.3, 0.4) is 0 Å². The Balaban J connectivity index is 1.72. The number of hydrogen-bond acceptors (Lipinski definition) is 3. The first-order valence-electron chi connectivity index (χ1n) is 8.82. The Morgan fingerprint density at radius 2 is 1.71 bits per heavy atom. The highest BCUT2D eigenvalue weighted by Gasteiger charge is 2.20. The third-order valence-electron chi connectivity index (χ3n) is 4.63. The molecule has 1 saturated heterocycles. The summed E-state index contributed by atoms with van der Waals surface area (Å²) in [4.78, 5) is 30.1. The molecule has 5 heteroatoms. The number of aryl methyl sites for hydroxylation is 1. The van der Waals surface area contributed by atoms with E-state index < -0.39 is 0 Å². The Kier molecular flexibility index (Phi) is 7.25. The lowest BCUT2D eigenvalue weighted by Gasteiger charge is -2.33. The zero-order valence-corrected chi connectivity index (χ0v) is 14.9. The molecule has 0 unspecified atom stereocenters. The maximum absolute atomic E-state index is 12.3. The van der Waals surface area contributed by atoms with E-state index in [1.165, 1.54) is 5.56 Å². The van der Waals surface area contributed by atoms with Crippen molar-refractivity contribution in [1.29, 1.82) is 0 Å². The normalized spacial score (nSPS) is 15.3. The number of rotatable bonds is 7. The highest BCUT2D eigenvalue weighted by Crippen LogP contribution is 2.06. The number of likely N-dealkylation sites (N-methyl/N-ethyl adjacent to an activating group) is 1. The number of carbonyl (C=O) groups is 2. The average Bonchev–Trinajstić information content (AvgIpc) is 2.59. The minimum Gasteiger partial charge on any atom is -0.342 e. The van der Waals surface area contributed by atoms with E-state index in [4.69, 9.17) is 0 Å². The van der Waals surface area contributed by atoms with Crippen molar-refractivity contribution >= 4 is 11.8 Å². The molecular formula is C19H29N3O2. The number of piperazine rings is 1. The Labute approximate surface area is 145 Å². The van der Waals surface area contributed by atoms with Crippen LogP contribution in [0.4, 0.5) is 0 Å². The summed E-state index contributed by atoms with van der Waals surface area (Å²) in [5.74, 6) is 0.214. The Morgan fingerprint density at radius 3 is 2.33 bits per heavy atom. The van der Waals surface area contributed by atoms with Gasteiger partial charge >= 0.3 is 0 Å². The molecule has 24 heavy (non-hydrogen) atoms. The maximum atomic E-state index is 12.3. The van der Waals surface area contributed by atoms with Gasteiger partial charge in [-0.05, 0) is 25.5 Å². The Morgan fingerprint density at radius 1 is 1.04 bits per heavy atom.